The van der Waals surface area contributed by atoms with Gasteiger partial charge in [-0.15, -0.1) is 11.3 Å². The predicted molar refractivity (Wildman–Crippen MR) is 91.0 cm³/mol. The SMILES string of the molecule is Cn1c(N2CCSCC2)nc2sc3c(c2c1=O)CCCC3. The molecule has 1 saturated heterocycles. The molecule has 0 unspecified atom stereocenters. The highest BCUT2D eigenvalue weighted by Crippen LogP contribution is 2.34. The number of hydrogen-bond acceptors (Lipinski definition) is 5. The lowest BCUT2D eigenvalue weighted by molar-refractivity contribution is 0.698. The van der Waals surface area contributed by atoms with Crippen LogP contribution in [-0.4, -0.2) is 34.1 Å². The molecule has 0 aromatic carbocycles. The van der Waals surface area contributed by atoms with E-state index in [1.807, 2.05) is 18.8 Å². The molecule has 0 radical (unpaired) electrons. The molecule has 0 saturated carbocycles. The first-order chi connectivity index (χ1) is 10.3. The molecule has 21 heavy (non-hydrogen) atoms. The fourth-order valence-corrected chi connectivity index (χ4v) is 5.47. The molecule has 0 spiro atoms. The first-order valence-corrected chi connectivity index (χ1v) is 9.57. The fourth-order valence-electron chi connectivity index (χ4n) is 3.32. The topological polar surface area (TPSA) is 38.1 Å². The fraction of sp³-hybridized carbons (Fsp3) is 0.600. The molecule has 3 heterocycles. The zero-order valence-electron chi connectivity index (χ0n) is 12.2. The van der Waals surface area contributed by atoms with E-state index in [4.69, 9.17) is 4.98 Å². The first kappa shape index (κ1) is 13.6. The summed E-state index contributed by atoms with van der Waals surface area (Å²) in [7, 11) is 1.87. The Kier molecular flexibility index (Phi) is 3.46. The van der Waals surface area contributed by atoms with Gasteiger partial charge in [0.2, 0.25) is 5.95 Å². The summed E-state index contributed by atoms with van der Waals surface area (Å²) in [5.74, 6) is 3.09. The van der Waals surface area contributed by atoms with Crippen LogP contribution in [0.15, 0.2) is 4.79 Å². The van der Waals surface area contributed by atoms with E-state index in [1.165, 1.54) is 23.3 Å². The summed E-state index contributed by atoms with van der Waals surface area (Å²) in [6.07, 6.45) is 4.62. The lowest BCUT2D eigenvalue weighted by Crippen LogP contribution is -2.37. The van der Waals surface area contributed by atoms with Crippen LogP contribution < -0.4 is 10.5 Å². The standard InChI is InChI=1S/C15H19N3OS2/c1-17-14(19)12-10-4-2-3-5-11(10)21-13(12)16-15(17)18-6-8-20-9-7-18/h2-9H2,1H3. The van der Waals surface area contributed by atoms with Crippen LogP contribution >= 0.6 is 23.1 Å². The highest BCUT2D eigenvalue weighted by Gasteiger charge is 2.23. The monoisotopic (exact) mass is 321 g/mol. The van der Waals surface area contributed by atoms with Crippen molar-refractivity contribution >= 4 is 39.3 Å². The van der Waals surface area contributed by atoms with E-state index >= 15 is 0 Å². The van der Waals surface area contributed by atoms with Crippen molar-refractivity contribution in [3.05, 3.63) is 20.8 Å². The smallest absolute Gasteiger partial charge is 0.263 e. The Bertz CT molecular complexity index is 743. The summed E-state index contributed by atoms with van der Waals surface area (Å²) in [5, 5.41) is 0.896. The van der Waals surface area contributed by atoms with E-state index in [1.54, 1.807) is 15.9 Å². The second-order valence-electron chi connectivity index (χ2n) is 5.77. The van der Waals surface area contributed by atoms with Crippen molar-refractivity contribution in [1.82, 2.24) is 9.55 Å². The Morgan fingerprint density at radius 1 is 1.14 bits per heavy atom. The van der Waals surface area contributed by atoms with E-state index in [2.05, 4.69) is 4.90 Å². The normalized spacial score (nSPS) is 19.0. The number of hydrogen-bond donors (Lipinski definition) is 0. The zero-order chi connectivity index (χ0) is 14.4. The summed E-state index contributed by atoms with van der Waals surface area (Å²) < 4.78 is 1.76. The van der Waals surface area contributed by atoms with Gasteiger partial charge in [-0.05, 0) is 31.2 Å². The van der Waals surface area contributed by atoms with E-state index < -0.39 is 0 Å². The zero-order valence-corrected chi connectivity index (χ0v) is 13.9. The Morgan fingerprint density at radius 2 is 1.90 bits per heavy atom. The van der Waals surface area contributed by atoms with Crippen LogP contribution in [0, 0.1) is 0 Å². The molecule has 6 heteroatoms. The quantitative estimate of drug-likeness (QED) is 0.808. The summed E-state index contributed by atoms with van der Waals surface area (Å²) >= 11 is 3.72. The highest BCUT2D eigenvalue weighted by atomic mass is 32.2. The van der Waals surface area contributed by atoms with Gasteiger partial charge in [-0.25, -0.2) is 4.98 Å². The molecule has 0 bridgehead atoms. The van der Waals surface area contributed by atoms with Crippen molar-refractivity contribution in [2.75, 3.05) is 29.5 Å². The first-order valence-electron chi connectivity index (χ1n) is 7.59. The molecular weight excluding hydrogens is 302 g/mol. The number of thiophene rings is 1. The number of aromatic nitrogens is 2. The molecule has 2 aromatic rings. The highest BCUT2D eigenvalue weighted by molar-refractivity contribution is 7.99. The molecular formula is C15H19N3OS2. The van der Waals surface area contributed by atoms with Crippen molar-refractivity contribution in [2.45, 2.75) is 25.7 Å². The molecule has 112 valence electrons. The van der Waals surface area contributed by atoms with Gasteiger partial charge in [0, 0.05) is 36.5 Å². The van der Waals surface area contributed by atoms with E-state index in [0.717, 1.165) is 53.6 Å². The van der Waals surface area contributed by atoms with Crippen molar-refractivity contribution < 1.29 is 0 Å². The van der Waals surface area contributed by atoms with Gasteiger partial charge in [-0.3, -0.25) is 9.36 Å². The van der Waals surface area contributed by atoms with Crippen molar-refractivity contribution in [2.24, 2.45) is 7.05 Å². The molecule has 1 fully saturated rings. The molecule has 0 atom stereocenters. The number of nitrogens with zero attached hydrogens (tertiary/aromatic N) is 3. The Morgan fingerprint density at radius 3 is 2.71 bits per heavy atom. The molecule has 2 aliphatic rings. The second kappa shape index (κ2) is 5.32. The Balaban J connectivity index is 1.90. The van der Waals surface area contributed by atoms with Crippen LogP contribution in [0.4, 0.5) is 5.95 Å². The summed E-state index contributed by atoms with van der Waals surface area (Å²) in [5.41, 5.74) is 1.43. The van der Waals surface area contributed by atoms with Crippen molar-refractivity contribution in [1.29, 1.82) is 0 Å². The largest absolute Gasteiger partial charge is 0.340 e. The molecule has 4 rings (SSSR count). The number of rotatable bonds is 1. The van der Waals surface area contributed by atoms with Crippen LogP contribution in [0.25, 0.3) is 10.2 Å². The van der Waals surface area contributed by atoms with Gasteiger partial charge in [-0.1, -0.05) is 0 Å². The maximum Gasteiger partial charge on any atom is 0.263 e. The molecule has 2 aromatic heterocycles. The van der Waals surface area contributed by atoms with Crippen LogP contribution in [0.1, 0.15) is 23.3 Å². The minimum Gasteiger partial charge on any atom is -0.340 e. The Hall–Kier alpha value is -1.01. The van der Waals surface area contributed by atoms with Gasteiger partial charge in [0.15, 0.2) is 0 Å². The number of anilines is 1. The van der Waals surface area contributed by atoms with Crippen LogP contribution in [0.5, 0.6) is 0 Å². The number of aryl methyl sites for hydroxylation is 2. The van der Waals surface area contributed by atoms with E-state index in [0.29, 0.717) is 0 Å². The van der Waals surface area contributed by atoms with Crippen LogP contribution in [-0.2, 0) is 19.9 Å². The van der Waals surface area contributed by atoms with Gasteiger partial charge in [-0.2, -0.15) is 11.8 Å². The number of thioether (sulfide) groups is 1. The second-order valence-corrected chi connectivity index (χ2v) is 8.07. The molecule has 1 aliphatic heterocycles. The van der Waals surface area contributed by atoms with E-state index in [9.17, 15) is 4.79 Å². The van der Waals surface area contributed by atoms with Crippen LogP contribution in [0.2, 0.25) is 0 Å². The molecule has 1 aliphatic carbocycles. The summed E-state index contributed by atoms with van der Waals surface area (Å²) in [6.45, 7) is 1.98. The third-order valence-electron chi connectivity index (χ3n) is 4.47. The summed E-state index contributed by atoms with van der Waals surface area (Å²) in [4.78, 5) is 22.3. The Labute approximate surface area is 132 Å². The third-order valence-corrected chi connectivity index (χ3v) is 6.59. The molecule has 4 nitrogen and oxygen atoms in total. The number of fused-ring (bicyclic) bond motifs is 3. The van der Waals surface area contributed by atoms with Gasteiger partial charge >= 0.3 is 0 Å². The van der Waals surface area contributed by atoms with Crippen LogP contribution in [0.3, 0.4) is 0 Å². The average Bonchev–Trinajstić information content (AvgIpc) is 2.90. The van der Waals surface area contributed by atoms with Gasteiger partial charge in [0.05, 0.1) is 5.39 Å². The molecule has 0 N–H and O–H groups in total. The van der Waals surface area contributed by atoms with Crippen molar-refractivity contribution in [3.63, 3.8) is 0 Å². The minimum atomic E-state index is 0.146. The minimum absolute atomic E-state index is 0.146. The van der Waals surface area contributed by atoms with Crippen molar-refractivity contribution in [3.8, 4) is 0 Å². The lowest BCUT2D eigenvalue weighted by Gasteiger charge is -2.28. The van der Waals surface area contributed by atoms with Gasteiger partial charge in [0.25, 0.3) is 5.56 Å². The lowest BCUT2D eigenvalue weighted by atomic mass is 9.97. The van der Waals surface area contributed by atoms with Gasteiger partial charge < -0.3 is 4.90 Å². The van der Waals surface area contributed by atoms with Gasteiger partial charge in [0.1, 0.15) is 4.83 Å². The van der Waals surface area contributed by atoms with E-state index in [-0.39, 0.29) is 5.56 Å². The maximum absolute atomic E-state index is 12.8. The predicted octanol–water partition coefficient (Wildman–Crippen LogP) is 2.43. The average molecular weight is 321 g/mol. The summed E-state index contributed by atoms with van der Waals surface area (Å²) in [6, 6.07) is 0. The molecule has 0 amide bonds. The maximum atomic E-state index is 12.8. The third kappa shape index (κ3) is 2.19.